The van der Waals surface area contributed by atoms with E-state index in [2.05, 4.69) is 15.5 Å². The minimum absolute atomic E-state index is 0.0707. The number of morpholine rings is 1. The van der Waals surface area contributed by atoms with Crippen LogP contribution in [0.3, 0.4) is 0 Å². The predicted octanol–water partition coefficient (Wildman–Crippen LogP) is 2.02. The van der Waals surface area contributed by atoms with Crippen molar-refractivity contribution in [1.29, 1.82) is 0 Å². The van der Waals surface area contributed by atoms with Gasteiger partial charge >= 0.3 is 0 Å². The van der Waals surface area contributed by atoms with E-state index in [1.54, 1.807) is 18.2 Å². The van der Waals surface area contributed by atoms with Crippen molar-refractivity contribution < 1.29 is 14.3 Å². The second kappa shape index (κ2) is 8.36. The Kier molecular flexibility index (Phi) is 6.17. The Hall–Kier alpha value is -1.34. The molecule has 2 atom stereocenters. The van der Waals surface area contributed by atoms with Crippen molar-refractivity contribution in [2.45, 2.75) is 6.42 Å². The van der Waals surface area contributed by atoms with Gasteiger partial charge in [-0.15, -0.1) is 0 Å². The third-order valence-electron chi connectivity index (χ3n) is 4.51. The number of carbonyl (C=O) groups is 2. The lowest BCUT2D eigenvalue weighted by Crippen LogP contribution is -2.41. The van der Waals surface area contributed by atoms with E-state index in [1.165, 1.54) is 0 Å². The molecule has 1 aliphatic carbocycles. The van der Waals surface area contributed by atoms with E-state index in [1.807, 2.05) is 0 Å². The van der Waals surface area contributed by atoms with Crippen molar-refractivity contribution in [3.05, 3.63) is 28.2 Å². The molecule has 136 valence electrons. The number of amides is 2. The van der Waals surface area contributed by atoms with Gasteiger partial charge in [-0.25, -0.2) is 0 Å². The summed E-state index contributed by atoms with van der Waals surface area (Å²) < 4.78 is 5.29. The fourth-order valence-corrected chi connectivity index (χ4v) is 3.39. The van der Waals surface area contributed by atoms with Gasteiger partial charge in [-0.2, -0.15) is 0 Å². The fraction of sp³-hybridized carbons (Fsp3) is 0.529. The molecule has 0 aromatic heterocycles. The summed E-state index contributed by atoms with van der Waals surface area (Å²) in [5, 5.41) is 6.40. The predicted molar refractivity (Wildman–Crippen MR) is 97.0 cm³/mol. The van der Waals surface area contributed by atoms with Crippen LogP contribution in [0.2, 0.25) is 10.0 Å². The van der Waals surface area contributed by atoms with Crippen LogP contribution >= 0.6 is 23.2 Å². The SMILES string of the molecule is O=C(NCCN1CCOCC1)C1CC1C(=O)Nc1c(Cl)cccc1Cl. The second-order valence-electron chi connectivity index (χ2n) is 6.28. The first-order valence-electron chi connectivity index (χ1n) is 8.39. The largest absolute Gasteiger partial charge is 0.379 e. The highest BCUT2D eigenvalue weighted by atomic mass is 35.5. The molecule has 6 nitrogen and oxygen atoms in total. The molecule has 1 saturated carbocycles. The van der Waals surface area contributed by atoms with Gasteiger partial charge in [0.1, 0.15) is 0 Å². The third-order valence-corrected chi connectivity index (χ3v) is 5.14. The van der Waals surface area contributed by atoms with Gasteiger partial charge in [-0.05, 0) is 18.6 Å². The number of halogens is 2. The molecule has 1 aliphatic heterocycles. The number of nitrogens with zero attached hydrogens (tertiary/aromatic N) is 1. The van der Waals surface area contributed by atoms with E-state index < -0.39 is 0 Å². The average molecular weight is 386 g/mol. The number of rotatable bonds is 6. The number of benzene rings is 1. The van der Waals surface area contributed by atoms with Gasteiger partial charge in [0.2, 0.25) is 11.8 Å². The Morgan fingerprint density at radius 1 is 1.12 bits per heavy atom. The summed E-state index contributed by atoms with van der Waals surface area (Å²) in [7, 11) is 0. The van der Waals surface area contributed by atoms with Crippen LogP contribution in [-0.2, 0) is 14.3 Å². The molecule has 1 aromatic rings. The molecule has 2 unspecified atom stereocenters. The van der Waals surface area contributed by atoms with Gasteiger partial charge in [-0.3, -0.25) is 14.5 Å². The zero-order valence-corrected chi connectivity index (χ0v) is 15.3. The maximum atomic E-state index is 12.3. The van der Waals surface area contributed by atoms with Crippen LogP contribution in [0.5, 0.6) is 0 Å². The van der Waals surface area contributed by atoms with Gasteiger partial charge in [0.05, 0.1) is 40.8 Å². The zero-order chi connectivity index (χ0) is 17.8. The monoisotopic (exact) mass is 385 g/mol. The molecule has 1 saturated heterocycles. The molecule has 0 spiro atoms. The molecule has 0 radical (unpaired) electrons. The van der Waals surface area contributed by atoms with E-state index in [0.717, 1.165) is 32.8 Å². The van der Waals surface area contributed by atoms with Crippen LogP contribution in [0.4, 0.5) is 5.69 Å². The highest BCUT2D eigenvalue weighted by Gasteiger charge is 2.48. The van der Waals surface area contributed by atoms with Gasteiger partial charge in [0.15, 0.2) is 0 Å². The summed E-state index contributed by atoms with van der Waals surface area (Å²) in [6, 6.07) is 5.03. The van der Waals surface area contributed by atoms with Crippen LogP contribution in [0, 0.1) is 11.8 Å². The Balaban J connectivity index is 1.42. The number of ether oxygens (including phenoxy) is 1. The smallest absolute Gasteiger partial charge is 0.228 e. The standard InChI is InChI=1S/C17H21Cl2N3O3/c18-13-2-1-3-14(19)15(13)21-17(24)12-10-11(12)16(23)20-4-5-22-6-8-25-9-7-22/h1-3,11-12H,4-10H2,(H,20,23)(H,21,24). The van der Waals surface area contributed by atoms with E-state index in [9.17, 15) is 9.59 Å². The summed E-state index contributed by atoms with van der Waals surface area (Å²) in [6.07, 6.45) is 0.553. The van der Waals surface area contributed by atoms with Crippen LogP contribution < -0.4 is 10.6 Å². The number of carbonyl (C=O) groups excluding carboxylic acids is 2. The molecule has 25 heavy (non-hydrogen) atoms. The van der Waals surface area contributed by atoms with Crippen LogP contribution in [-0.4, -0.2) is 56.1 Å². The van der Waals surface area contributed by atoms with E-state index in [-0.39, 0.29) is 23.7 Å². The lowest BCUT2D eigenvalue weighted by atomic mass is 10.2. The minimum atomic E-state index is -0.323. The van der Waals surface area contributed by atoms with Crippen LogP contribution in [0.1, 0.15) is 6.42 Å². The lowest BCUT2D eigenvalue weighted by molar-refractivity contribution is -0.125. The molecule has 2 fully saturated rings. The number of nitrogens with one attached hydrogen (secondary N) is 2. The fourth-order valence-electron chi connectivity index (χ4n) is 2.90. The van der Waals surface area contributed by atoms with Crippen molar-refractivity contribution in [2.24, 2.45) is 11.8 Å². The number of hydrogen-bond acceptors (Lipinski definition) is 4. The molecule has 8 heteroatoms. The van der Waals surface area contributed by atoms with Crippen molar-refractivity contribution in [3.63, 3.8) is 0 Å². The van der Waals surface area contributed by atoms with Crippen LogP contribution in [0.25, 0.3) is 0 Å². The second-order valence-corrected chi connectivity index (χ2v) is 7.09. The number of para-hydroxylation sites is 1. The topological polar surface area (TPSA) is 70.7 Å². The first-order chi connectivity index (χ1) is 12.1. The highest BCUT2D eigenvalue weighted by molar-refractivity contribution is 6.39. The van der Waals surface area contributed by atoms with Crippen LogP contribution in [0.15, 0.2) is 18.2 Å². The molecule has 0 bridgehead atoms. The quantitative estimate of drug-likeness (QED) is 0.785. The van der Waals surface area contributed by atoms with Gasteiger partial charge in [0.25, 0.3) is 0 Å². The summed E-state index contributed by atoms with van der Waals surface area (Å²) in [5.41, 5.74) is 0.397. The molecule has 2 amide bonds. The number of hydrogen-bond donors (Lipinski definition) is 2. The Bertz CT molecular complexity index is 630. The third kappa shape index (κ3) is 4.85. The molecule has 1 aromatic carbocycles. The van der Waals surface area contributed by atoms with E-state index in [4.69, 9.17) is 27.9 Å². The van der Waals surface area contributed by atoms with Gasteiger partial charge in [0, 0.05) is 26.2 Å². The number of anilines is 1. The maximum absolute atomic E-state index is 12.3. The summed E-state index contributed by atoms with van der Waals surface area (Å²) in [6.45, 7) is 4.65. The Morgan fingerprint density at radius 3 is 2.44 bits per heavy atom. The van der Waals surface area contributed by atoms with Crippen molar-refractivity contribution in [3.8, 4) is 0 Å². The molecule has 1 heterocycles. The maximum Gasteiger partial charge on any atom is 0.228 e. The van der Waals surface area contributed by atoms with E-state index in [0.29, 0.717) is 28.7 Å². The normalized spacial score (nSPS) is 23.1. The average Bonchev–Trinajstić information content (AvgIpc) is 3.40. The van der Waals surface area contributed by atoms with Crippen molar-refractivity contribution in [2.75, 3.05) is 44.7 Å². The Labute approximate surface area is 156 Å². The van der Waals surface area contributed by atoms with Gasteiger partial charge in [-0.1, -0.05) is 29.3 Å². The molecular weight excluding hydrogens is 365 g/mol. The molecule has 2 N–H and O–H groups in total. The first kappa shape index (κ1) is 18.5. The summed E-state index contributed by atoms with van der Waals surface area (Å²) in [5.74, 6) is -0.885. The van der Waals surface area contributed by atoms with Crippen molar-refractivity contribution in [1.82, 2.24) is 10.2 Å². The molecular formula is C17H21Cl2N3O3. The van der Waals surface area contributed by atoms with Crippen molar-refractivity contribution >= 4 is 40.7 Å². The Morgan fingerprint density at radius 2 is 1.76 bits per heavy atom. The first-order valence-corrected chi connectivity index (χ1v) is 9.14. The molecule has 3 rings (SSSR count). The summed E-state index contributed by atoms with van der Waals surface area (Å²) in [4.78, 5) is 26.7. The molecule has 2 aliphatic rings. The van der Waals surface area contributed by atoms with Gasteiger partial charge < -0.3 is 15.4 Å². The highest BCUT2D eigenvalue weighted by Crippen LogP contribution is 2.40. The van der Waals surface area contributed by atoms with E-state index >= 15 is 0 Å². The summed E-state index contributed by atoms with van der Waals surface area (Å²) >= 11 is 12.1. The minimum Gasteiger partial charge on any atom is -0.379 e. The lowest BCUT2D eigenvalue weighted by Gasteiger charge is -2.26. The zero-order valence-electron chi connectivity index (χ0n) is 13.8.